The van der Waals surface area contributed by atoms with Gasteiger partial charge in [0.05, 0.1) is 6.04 Å². The van der Waals surface area contributed by atoms with Crippen LogP contribution >= 0.6 is 0 Å². The lowest BCUT2D eigenvalue weighted by atomic mass is 9.91. The summed E-state index contributed by atoms with van der Waals surface area (Å²) in [6.45, 7) is 5.77. The van der Waals surface area contributed by atoms with Gasteiger partial charge in [0.2, 0.25) is 5.91 Å². The molecule has 114 valence electrons. The molecule has 0 radical (unpaired) electrons. The third-order valence-electron chi connectivity index (χ3n) is 4.81. The summed E-state index contributed by atoms with van der Waals surface area (Å²) < 4.78 is 5.45. The molecule has 1 amide bonds. The molecule has 0 spiro atoms. The highest BCUT2D eigenvalue weighted by Crippen LogP contribution is 2.32. The fraction of sp³-hybridized carbons (Fsp3) is 0.588. The van der Waals surface area contributed by atoms with Gasteiger partial charge in [-0.2, -0.15) is 0 Å². The third kappa shape index (κ3) is 2.83. The smallest absolute Gasteiger partial charge is 0.241 e. The Balaban J connectivity index is 1.83. The summed E-state index contributed by atoms with van der Waals surface area (Å²) >= 11 is 0. The Morgan fingerprint density at radius 3 is 2.57 bits per heavy atom. The SMILES string of the molecule is CC1NC(c2ccccc2)N(C(C)C2CCOCC2)C1=O. The van der Waals surface area contributed by atoms with E-state index in [1.165, 1.54) is 0 Å². The van der Waals surface area contributed by atoms with Gasteiger partial charge in [0.25, 0.3) is 0 Å². The van der Waals surface area contributed by atoms with Crippen LogP contribution in [-0.4, -0.2) is 36.1 Å². The molecule has 0 saturated carbocycles. The van der Waals surface area contributed by atoms with Gasteiger partial charge < -0.3 is 9.64 Å². The molecule has 0 bridgehead atoms. The van der Waals surface area contributed by atoms with Gasteiger partial charge in [0, 0.05) is 19.3 Å². The highest BCUT2D eigenvalue weighted by atomic mass is 16.5. The van der Waals surface area contributed by atoms with E-state index in [1.807, 2.05) is 25.1 Å². The van der Waals surface area contributed by atoms with Gasteiger partial charge >= 0.3 is 0 Å². The molecule has 1 aromatic carbocycles. The molecule has 0 aliphatic carbocycles. The predicted molar refractivity (Wildman–Crippen MR) is 81.6 cm³/mol. The van der Waals surface area contributed by atoms with E-state index in [0.717, 1.165) is 31.6 Å². The zero-order chi connectivity index (χ0) is 14.8. The number of nitrogens with one attached hydrogen (secondary N) is 1. The van der Waals surface area contributed by atoms with Gasteiger partial charge in [-0.1, -0.05) is 30.3 Å². The van der Waals surface area contributed by atoms with Gasteiger partial charge in [-0.3, -0.25) is 10.1 Å². The Hall–Kier alpha value is -1.39. The molecule has 0 aromatic heterocycles. The molecule has 2 heterocycles. The van der Waals surface area contributed by atoms with Gasteiger partial charge in [0.1, 0.15) is 6.17 Å². The number of amides is 1. The van der Waals surface area contributed by atoms with E-state index < -0.39 is 0 Å². The van der Waals surface area contributed by atoms with E-state index in [0.29, 0.717) is 5.92 Å². The number of hydrogen-bond donors (Lipinski definition) is 1. The van der Waals surface area contributed by atoms with E-state index in [2.05, 4.69) is 29.3 Å². The minimum atomic E-state index is -0.113. The summed E-state index contributed by atoms with van der Waals surface area (Å²) in [5.74, 6) is 0.740. The highest BCUT2D eigenvalue weighted by Gasteiger charge is 2.41. The van der Waals surface area contributed by atoms with Crippen LogP contribution < -0.4 is 5.32 Å². The Kier molecular flexibility index (Phi) is 4.27. The zero-order valence-corrected chi connectivity index (χ0v) is 12.8. The van der Waals surface area contributed by atoms with Gasteiger partial charge in [0.15, 0.2) is 0 Å². The summed E-state index contributed by atoms with van der Waals surface area (Å²) in [5, 5.41) is 3.44. The maximum atomic E-state index is 12.6. The molecule has 21 heavy (non-hydrogen) atoms. The summed E-state index contributed by atoms with van der Waals surface area (Å²) in [7, 11) is 0. The Morgan fingerprint density at radius 2 is 1.90 bits per heavy atom. The van der Waals surface area contributed by atoms with Gasteiger partial charge in [-0.05, 0) is 38.2 Å². The summed E-state index contributed by atoms with van der Waals surface area (Å²) in [6, 6.07) is 10.4. The molecular weight excluding hydrogens is 264 g/mol. The topological polar surface area (TPSA) is 41.6 Å². The average Bonchev–Trinajstić information content (AvgIpc) is 2.84. The van der Waals surface area contributed by atoms with Crippen LogP contribution in [0.25, 0.3) is 0 Å². The zero-order valence-electron chi connectivity index (χ0n) is 12.8. The number of carbonyl (C=O) groups is 1. The standard InChI is InChI=1S/C17H24N2O2/c1-12-17(20)19(13(2)14-8-10-21-11-9-14)16(18-12)15-6-4-3-5-7-15/h3-7,12-14,16,18H,8-11H2,1-2H3. The van der Waals surface area contributed by atoms with Crippen LogP contribution in [0.2, 0.25) is 0 Å². The minimum Gasteiger partial charge on any atom is -0.381 e. The maximum Gasteiger partial charge on any atom is 0.241 e. The number of rotatable bonds is 3. The van der Waals surface area contributed by atoms with Crippen molar-refractivity contribution in [1.82, 2.24) is 10.2 Å². The molecule has 2 aliphatic rings. The first-order valence-corrected chi connectivity index (χ1v) is 7.89. The van der Waals surface area contributed by atoms with Gasteiger partial charge in [-0.15, -0.1) is 0 Å². The van der Waals surface area contributed by atoms with E-state index in [1.54, 1.807) is 0 Å². The molecule has 2 saturated heterocycles. The van der Waals surface area contributed by atoms with Crippen LogP contribution in [0.4, 0.5) is 0 Å². The molecule has 4 heteroatoms. The normalized spacial score (nSPS) is 28.9. The third-order valence-corrected chi connectivity index (χ3v) is 4.81. The van der Waals surface area contributed by atoms with Crippen molar-refractivity contribution in [1.29, 1.82) is 0 Å². The van der Waals surface area contributed by atoms with E-state index in [9.17, 15) is 4.79 Å². The van der Waals surface area contributed by atoms with Gasteiger partial charge in [-0.25, -0.2) is 0 Å². The van der Waals surface area contributed by atoms with Crippen LogP contribution in [-0.2, 0) is 9.53 Å². The number of carbonyl (C=O) groups excluding carboxylic acids is 1. The van der Waals surface area contributed by atoms with Crippen molar-refractivity contribution in [3.05, 3.63) is 35.9 Å². The largest absolute Gasteiger partial charge is 0.381 e. The first-order chi connectivity index (χ1) is 10.2. The first kappa shape index (κ1) is 14.5. The molecule has 1 N–H and O–H groups in total. The molecule has 3 unspecified atom stereocenters. The first-order valence-electron chi connectivity index (χ1n) is 7.89. The second kappa shape index (κ2) is 6.16. The predicted octanol–water partition coefficient (Wildman–Crippen LogP) is 2.32. The van der Waals surface area contributed by atoms with Crippen LogP contribution in [0.3, 0.4) is 0 Å². The Bertz CT molecular complexity index is 485. The molecule has 3 rings (SSSR count). The maximum absolute atomic E-state index is 12.6. The highest BCUT2D eigenvalue weighted by molar-refractivity contribution is 5.84. The molecule has 2 aliphatic heterocycles. The van der Waals surface area contributed by atoms with E-state index in [4.69, 9.17) is 4.74 Å². The molecule has 2 fully saturated rings. The Morgan fingerprint density at radius 1 is 1.24 bits per heavy atom. The minimum absolute atomic E-state index is 0.00783. The number of ether oxygens (including phenoxy) is 1. The Labute approximate surface area is 126 Å². The lowest BCUT2D eigenvalue weighted by Crippen LogP contribution is -2.44. The van der Waals surface area contributed by atoms with E-state index >= 15 is 0 Å². The van der Waals surface area contributed by atoms with Crippen molar-refractivity contribution in [2.45, 2.75) is 44.9 Å². The van der Waals surface area contributed by atoms with Crippen molar-refractivity contribution in [2.24, 2.45) is 5.92 Å². The van der Waals surface area contributed by atoms with Crippen molar-refractivity contribution < 1.29 is 9.53 Å². The van der Waals surface area contributed by atoms with Crippen LogP contribution in [0.15, 0.2) is 30.3 Å². The quantitative estimate of drug-likeness (QED) is 0.928. The number of nitrogens with zero attached hydrogens (tertiary/aromatic N) is 1. The molecule has 1 aromatic rings. The number of hydrogen-bond acceptors (Lipinski definition) is 3. The summed E-state index contributed by atoms with van der Waals surface area (Å²) in [4.78, 5) is 14.7. The fourth-order valence-corrected chi connectivity index (χ4v) is 3.49. The molecule has 3 atom stereocenters. The van der Waals surface area contributed by atoms with Crippen molar-refractivity contribution in [3.8, 4) is 0 Å². The lowest BCUT2D eigenvalue weighted by molar-refractivity contribution is -0.133. The van der Waals surface area contributed by atoms with Crippen LogP contribution in [0.1, 0.15) is 38.4 Å². The van der Waals surface area contributed by atoms with Crippen LogP contribution in [0.5, 0.6) is 0 Å². The number of benzene rings is 1. The summed E-state index contributed by atoms with van der Waals surface area (Å²) in [5.41, 5.74) is 1.16. The molecule has 4 nitrogen and oxygen atoms in total. The monoisotopic (exact) mass is 288 g/mol. The average molecular weight is 288 g/mol. The summed E-state index contributed by atoms with van der Waals surface area (Å²) in [6.07, 6.45) is 2.08. The second-order valence-electron chi connectivity index (χ2n) is 6.14. The second-order valence-corrected chi connectivity index (χ2v) is 6.14. The van der Waals surface area contributed by atoms with Crippen molar-refractivity contribution >= 4 is 5.91 Å². The lowest BCUT2D eigenvalue weighted by Gasteiger charge is -2.37. The van der Waals surface area contributed by atoms with Crippen molar-refractivity contribution in [2.75, 3.05) is 13.2 Å². The van der Waals surface area contributed by atoms with Crippen LogP contribution in [0, 0.1) is 5.92 Å². The molecular formula is C17H24N2O2. The van der Waals surface area contributed by atoms with Crippen molar-refractivity contribution in [3.63, 3.8) is 0 Å². The fourth-order valence-electron chi connectivity index (χ4n) is 3.49. The van der Waals surface area contributed by atoms with E-state index in [-0.39, 0.29) is 24.2 Å².